The number of halogens is 3. The van der Waals surface area contributed by atoms with E-state index in [2.05, 4.69) is 31.9 Å². The molecule has 3 nitrogen and oxygen atoms in total. The summed E-state index contributed by atoms with van der Waals surface area (Å²) in [5, 5.41) is 0. The molecule has 1 aromatic rings. The van der Waals surface area contributed by atoms with Crippen molar-refractivity contribution in [3.8, 4) is 0 Å². The molecule has 13 heavy (non-hydrogen) atoms. The van der Waals surface area contributed by atoms with E-state index in [1.54, 1.807) is 6.07 Å². The smallest absolute Gasteiger partial charge is 0.269 e. The SMILES string of the molecule is NNC(=O)c1c(F)cc(Br)cc1Br. The standard InChI is InChI=1S/C7H5Br2FN2O/c8-3-1-4(9)6(5(10)2-3)7(13)12-11/h1-2H,11H2,(H,12,13). The van der Waals surface area contributed by atoms with Crippen molar-refractivity contribution in [1.82, 2.24) is 5.43 Å². The van der Waals surface area contributed by atoms with E-state index in [-0.39, 0.29) is 5.56 Å². The Bertz CT molecular complexity index is 333. The molecule has 0 aliphatic heterocycles. The van der Waals surface area contributed by atoms with E-state index in [1.807, 2.05) is 5.43 Å². The molecule has 0 saturated carbocycles. The lowest BCUT2D eigenvalue weighted by Gasteiger charge is -2.04. The second kappa shape index (κ2) is 4.17. The summed E-state index contributed by atoms with van der Waals surface area (Å²) in [6, 6.07) is 2.75. The van der Waals surface area contributed by atoms with Gasteiger partial charge in [-0.05, 0) is 28.1 Å². The minimum absolute atomic E-state index is 0.106. The Morgan fingerprint density at radius 3 is 2.54 bits per heavy atom. The first-order valence-corrected chi connectivity index (χ1v) is 4.80. The number of hydrogen-bond donors (Lipinski definition) is 2. The summed E-state index contributed by atoms with van der Waals surface area (Å²) < 4.78 is 14.1. The van der Waals surface area contributed by atoms with Gasteiger partial charge in [0.25, 0.3) is 5.91 Å². The fourth-order valence-corrected chi connectivity index (χ4v) is 2.18. The van der Waals surface area contributed by atoms with Gasteiger partial charge < -0.3 is 0 Å². The summed E-state index contributed by atoms with van der Waals surface area (Å²) in [5.41, 5.74) is 1.75. The van der Waals surface area contributed by atoms with Gasteiger partial charge in [-0.1, -0.05) is 15.9 Å². The number of carbonyl (C=O) groups is 1. The molecule has 1 aromatic carbocycles. The highest BCUT2D eigenvalue weighted by atomic mass is 79.9. The molecule has 0 fully saturated rings. The van der Waals surface area contributed by atoms with Crippen LogP contribution in [-0.2, 0) is 0 Å². The normalized spacial score (nSPS) is 9.85. The maximum Gasteiger partial charge on any atom is 0.269 e. The van der Waals surface area contributed by atoms with Crippen LogP contribution < -0.4 is 11.3 Å². The van der Waals surface area contributed by atoms with Crippen molar-refractivity contribution >= 4 is 37.8 Å². The predicted octanol–water partition coefficient (Wildman–Crippen LogP) is 1.95. The van der Waals surface area contributed by atoms with E-state index in [0.717, 1.165) is 0 Å². The van der Waals surface area contributed by atoms with Crippen LogP contribution >= 0.6 is 31.9 Å². The Labute approximate surface area is 90.7 Å². The van der Waals surface area contributed by atoms with Gasteiger partial charge in [-0.3, -0.25) is 10.2 Å². The highest BCUT2D eigenvalue weighted by Gasteiger charge is 2.15. The maximum atomic E-state index is 13.2. The zero-order chi connectivity index (χ0) is 10.0. The number of carbonyl (C=O) groups excluding carboxylic acids is 1. The van der Waals surface area contributed by atoms with Gasteiger partial charge in [-0.15, -0.1) is 0 Å². The van der Waals surface area contributed by atoms with E-state index in [0.29, 0.717) is 8.95 Å². The molecule has 1 amide bonds. The van der Waals surface area contributed by atoms with E-state index in [1.165, 1.54) is 6.07 Å². The third-order valence-corrected chi connectivity index (χ3v) is 2.45. The number of hydrazine groups is 1. The van der Waals surface area contributed by atoms with Gasteiger partial charge in [0.15, 0.2) is 0 Å². The second-order valence-corrected chi connectivity index (χ2v) is 3.99. The van der Waals surface area contributed by atoms with E-state index in [4.69, 9.17) is 5.84 Å². The van der Waals surface area contributed by atoms with Crippen LogP contribution in [0.15, 0.2) is 21.1 Å². The molecule has 0 aliphatic carbocycles. The molecule has 3 N–H and O–H groups in total. The number of hydrogen-bond acceptors (Lipinski definition) is 2. The predicted molar refractivity (Wildman–Crippen MR) is 53.5 cm³/mol. The van der Waals surface area contributed by atoms with Crippen LogP contribution in [0.5, 0.6) is 0 Å². The van der Waals surface area contributed by atoms with Gasteiger partial charge in [0, 0.05) is 8.95 Å². The minimum Gasteiger partial charge on any atom is -0.290 e. The first-order chi connectivity index (χ1) is 6.06. The monoisotopic (exact) mass is 310 g/mol. The molecule has 0 radical (unpaired) electrons. The van der Waals surface area contributed by atoms with Crippen molar-refractivity contribution in [2.75, 3.05) is 0 Å². The summed E-state index contributed by atoms with van der Waals surface area (Å²) in [6.45, 7) is 0. The topological polar surface area (TPSA) is 55.1 Å². The van der Waals surface area contributed by atoms with E-state index < -0.39 is 11.7 Å². The lowest BCUT2D eigenvalue weighted by atomic mass is 10.2. The van der Waals surface area contributed by atoms with Gasteiger partial charge >= 0.3 is 0 Å². The molecule has 0 atom stereocenters. The molecule has 1 rings (SSSR count). The molecular weight excluding hydrogens is 307 g/mol. The molecule has 0 heterocycles. The van der Waals surface area contributed by atoms with Crippen molar-refractivity contribution in [3.63, 3.8) is 0 Å². The highest BCUT2D eigenvalue weighted by molar-refractivity contribution is 9.11. The van der Waals surface area contributed by atoms with Crippen LogP contribution in [0.4, 0.5) is 4.39 Å². The van der Waals surface area contributed by atoms with Crippen molar-refractivity contribution in [2.24, 2.45) is 5.84 Å². The van der Waals surface area contributed by atoms with Crippen molar-refractivity contribution < 1.29 is 9.18 Å². The zero-order valence-corrected chi connectivity index (χ0v) is 9.45. The molecule has 0 aliphatic rings. The Morgan fingerprint density at radius 2 is 2.08 bits per heavy atom. The van der Waals surface area contributed by atoms with Gasteiger partial charge in [0.2, 0.25) is 0 Å². The summed E-state index contributed by atoms with van der Waals surface area (Å²) >= 11 is 6.14. The number of rotatable bonds is 1. The first-order valence-electron chi connectivity index (χ1n) is 3.21. The number of nitrogens with one attached hydrogen (secondary N) is 1. The zero-order valence-electron chi connectivity index (χ0n) is 6.27. The largest absolute Gasteiger partial charge is 0.290 e. The molecule has 6 heteroatoms. The fourth-order valence-electron chi connectivity index (χ4n) is 0.831. The van der Waals surface area contributed by atoms with Gasteiger partial charge in [-0.25, -0.2) is 10.2 Å². The summed E-state index contributed by atoms with van der Waals surface area (Å²) in [6.07, 6.45) is 0. The van der Waals surface area contributed by atoms with Crippen LogP contribution in [0, 0.1) is 5.82 Å². The average molecular weight is 312 g/mol. The quantitative estimate of drug-likeness (QED) is 0.473. The lowest BCUT2D eigenvalue weighted by Crippen LogP contribution is -2.31. The van der Waals surface area contributed by atoms with Crippen LogP contribution in [0.1, 0.15) is 10.4 Å². The van der Waals surface area contributed by atoms with Crippen molar-refractivity contribution in [1.29, 1.82) is 0 Å². The molecule has 0 spiro atoms. The summed E-state index contributed by atoms with van der Waals surface area (Å²) in [4.78, 5) is 11.0. The molecule has 0 saturated heterocycles. The highest BCUT2D eigenvalue weighted by Crippen LogP contribution is 2.24. The molecule has 0 bridgehead atoms. The van der Waals surface area contributed by atoms with Crippen LogP contribution in [0.2, 0.25) is 0 Å². The van der Waals surface area contributed by atoms with E-state index in [9.17, 15) is 9.18 Å². The summed E-state index contributed by atoms with van der Waals surface area (Å²) in [7, 11) is 0. The fraction of sp³-hybridized carbons (Fsp3) is 0. The Balaban J connectivity index is 3.28. The van der Waals surface area contributed by atoms with Crippen LogP contribution in [-0.4, -0.2) is 5.91 Å². The van der Waals surface area contributed by atoms with Crippen molar-refractivity contribution in [2.45, 2.75) is 0 Å². The van der Waals surface area contributed by atoms with Gasteiger partial charge in [0.1, 0.15) is 5.82 Å². The third kappa shape index (κ3) is 2.26. The average Bonchev–Trinajstić information content (AvgIpc) is 2.02. The number of benzene rings is 1. The van der Waals surface area contributed by atoms with Crippen molar-refractivity contribution in [3.05, 3.63) is 32.5 Å². The van der Waals surface area contributed by atoms with Crippen LogP contribution in [0.3, 0.4) is 0 Å². The Hall–Kier alpha value is -0.460. The molecule has 70 valence electrons. The number of nitrogen functional groups attached to an aromatic ring is 1. The van der Waals surface area contributed by atoms with Crippen LogP contribution in [0.25, 0.3) is 0 Å². The minimum atomic E-state index is -0.670. The Kier molecular flexibility index (Phi) is 3.40. The van der Waals surface area contributed by atoms with E-state index >= 15 is 0 Å². The molecule has 0 unspecified atom stereocenters. The number of nitrogens with two attached hydrogens (primary N) is 1. The molecule has 0 aromatic heterocycles. The Morgan fingerprint density at radius 1 is 1.46 bits per heavy atom. The molecular formula is C7H5Br2FN2O. The lowest BCUT2D eigenvalue weighted by molar-refractivity contribution is 0.0949. The number of amides is 1. The summed E-state index contributed by atoms with van der Waals surface area (Å²) in [5.74, 6) is 3.58. The first kappa shape index (κ1) is 10.6. The third-order valence-electron chi connectivity index (χ3n) is 1.37. The van der Waals surface area contributed by atoms with Gasteiger partial charge in [0.05, 0.1) is 5.56 Å². The van der Waals surface area contributed by atoms with Gasteiger partial charge in [-0.2, -0.15) is 0 Å². The maximum absolute atomic E-state index is 13.2. The second-order valence-electron chi connectivity index (χ2n) is 2.22.